The van der Waals surface area contributed by atoms with Crippen molar-refractivity contribution in [1.82, 2.24) is 0 Å². The highest BCUT2D eigenvalue weighted by Crippen LogP contribution is 2.14. The minimum absolute atomic E-state index is 0.659. The van der Waals surface area contributed by atoms with E-state index >= 15 is 0 Å². The van der Waals surface area contributed by atoms with Gasteiger partial charge in [0.2, 0.25) is 0 Å². The van der Waals surface area contributed by atoms with Crippen molar-refractivity contribution >= 4 is 0 Å². The molecule has 0 N–H and O–H groups in total. The summed E-state index contributed by atoms with van der Waals surface area (Å²) in [6, 6.07) is 7.89. The molecule has 0 aromatic heterocycles. The fraction of sp³-hybridized carbons (Fsp3) is 0.167. The Bertz CT molecular complexity index is 306. The van der Waals surface area contributed by atoms with Crippen molar-refractivity contribution in [3.63, 3.8) is 0 Å². The molecule has 1 nitrogen and oxygen atoms in total. The molecule has 0 aliphatic heterocycles. The Labute approximate surface area is 79.4 Å². The number of ether oxygens (including phenoxy) is 1. The second-order valence-electron chi connectivity index (χ2n) is 2.88. The summed E-state index contributed by atoms with van der Waals surface area (Å²) in [7, 11) is 0. The maximum atomic E-state index is 5.43. The van der Waals surface area contributed by atoms with Crippen LogP contribution in [0, 0.1) is 6.92 Å². The monoisotopic (exact) mass is 174 g/mol. The third-order valence-corrected chi connectivity index (χ3v) is 1.62. The van der Waals surface area contributed by atoms with E-state index in [4.69, 9.17) is 4.74 Å². The van der Waals surface area contributed by atoms with Gasteiger partial charge in [-0.1, -0.05) is 30.4 Å². The summed E-state index contributed by atoms with van der Waals surface area (Å²) < 4.78 is 5.43. The first-order valence-corrected chi connectivity index (χ1v) is 4.28. The van der Waals surface area contributed by atoms with Gasteiger partial charge in [0.15, 0.2) is 0 Å². The van der Waals surface area contributed by atoms with Gasteiger partial charge in [0, 0.05) is 0 Å². The maximum absolute atomic E-state index is 5.43. The molecular formula is C12H14O. The van der Waals surface area contributed by atoms with Gasteiger partial charge >= 0.3 is 0 Å². The van der Waals surface area contributed by atoms with E-state index in [0.29, 0.717) is 5.76 Å². The number of aryl methyl sites for hydroxylation is 1. The standard InChI is InChI=1S/C12H14O/c1-4-5-11(3)13-12-8-6-10(2)7-9-12/h4-9H,3H2,1-2H3. The van der Waals surface area contributed by atoms with Crippen molar-refractivity contribution in [2.75, 3.05) is 0 Å². The van der Waals surface area contributed by atoms with Crippen LogP contribution in [-0.2, 0) is 0 Å². The SMILES string of the molecule is C=C(C=CC)Oc1ccc(C)cc1. The van der Waals surface area contributed by atoms with Crippen molar-refractivity contribution in [3.8, 4) is 5.75 Å². The van der Waals surface area contributed by atoms with Gasteiger partial charge in [-0.2, -0.15) is 0 Å². The lowest BCUT2D eigenvalue weighted by Crippen LogP contribution is -1.89. The number of rotatable bonds is 3. The lowest BCUT2D eigenvalue weighted by atomic mass is 10.2. The Morgan fingerprint density at radius 3 is 2.46 bits per heavy atom. The van der Waals surface area contributed by atoms with Crippen LogP contribution in [0.15, 0.2) is 48.8 Å². The van der Waals surface area contributed by atoms with Crippen LogP contribution >= 0.6 is 0 Å². The quantitative estimate of drug-likeness (QED) is 0.503. The molecule has 1 aromatic rings. The molecule has 0 bridgehead atoms. The zero-order valence-electron chi connectivity index (χ0n) is 8.08. The van der Waals surface area contributed by atoms with E-state index < -0.39 is 0 Å². The fourth-order valence-electron chi connectivity index (χ4n) is 0.978. The van der Waals surface area contributed by atoms with E-state index in [-0.39, 0.29) is 0 Å². The summed E-state index contributed by atoms with van der Waals surface area (Å²) in [6.07, 6.45) is 3.73. The topological polar surface area (TPSA) is 9.23 Å². The minimum atomic E-state index is 0.659. The van der Waals surface area contributed by atoms with Crippen molar-refractivity contribution in [1.29, 1.82) is 0 Å². The van der Waals surface area contributed by atoms with Gasteiger partial charge < -0.3 is 4.74 Å². The Kier molecular flexibility index (Phi) is 3.32. The predicted octanol–water partition coefficient (Wildman–Crippen LogP) is 3.46. The van der Waals surface area contributed by atoms with Crippen molar-refractivity contribution in [2.24, 2.45) is 0 Å². The van der Waals surface area contributed by atoms with E-state index in [9.17, 15) is 0 Å². The van der Waals surface area contributed by atoms with Crippen LogP contribution in [0.25, 0.3) is 0 Å². The summed E-state index contributed by atoms with van der Waals surface area (Å²) in [4.78, 5) is 0. The fourth-order valence-corrected chi connectivity index (χ4v) is 0.978. The van der Waals surface area contributed by atoms with Gasteiger partial charge in [-0.05, 0) is 32.1 Å². The molecule has 0 aliphatic rings. The van der Waals surface area contributed by atoms with Crippen LogP contribution < -0.4 is 4.74 Å². The molecule has 1 heteroatoms. The lowest BCUT2D eigenvalue weighted by Gasteiger charge is -2.04. The molecule has 1 rings (SSSR count). The third-order valence-electron chi connectivity index (χ3n) is 1.62. The molecule has 0 amide bonds. The van der Waals surface area contributed by atoms with Gasteiger partial charge in [-0.3, -0.25) is 0 Å². The Morgan fingerprint density at radius 2 is 1.92 bits per heavy atom. The normalized spacial score (nSPS) is 10.3. The zero-order chi connectivity index (χ0) is 9.68. The van der Waals surface area contributed by atoms with Gasteiger partial charge in [-0.25, -0.2) is 0 Å². The second-order valence-corrected chi connectivity index (χ2v) is 2.88. The Hall–Kier alpha value is -1.50. The molecule has 0 spiro atoms. The second kappa shape index (κ2) is 4.51. The minimum Gasteiger partial charge on any atom is -0.458 e. The lowest BCUT2D eigenvalue weighted by molar-refractivity contribution is 0.447. The molecule has 0 aliphatic carbocycles. The van der Waals surface area contributed by atoms with E-state index in [0.717, 1.165) is 5.75 Å². The number of allylic oxidation sites excluding steroid dienone is 2. The van der Waals surface area contributed by atoms with Crippen molar-refractivity contribution < 1.29 is 4.74 Å². The number of benzene rings is 1. The van der Waals surface area contributed by atoms with E-state index in [1.54, 1.807) is 0 Å². The van der Waals surface area contributed by atoms with E-state index in [2.05, 4.69) is 6.58 Å². The molecule has 0 fully saturated rings. The highest BCUT2D eigenvalue weighted by atomic mass is 16.5. The molecule has 68 valence electrons. The van der Waals surface area contributed by atoms with Crippen LogP contribution in [0.4, 0.5) is 0 Å². The van der Waals surface area contributed by atoms with Crippen LogP contribution in [0.2, 0.25) is 0 Å². The molecular weight excluding hydrogens is 160 g/mol. The Balaban J connectivity index is 2.64. The molecule has 0 saturated heterocycles. The van der Waals surface area contributed by atoms with Crippen LogP contribution in [0.5, 0.6) is 5.75 Å². The van der Waals surface area contributed by atoms with Crippen LogP contribution in [-0.4, -0.2) is 0 Å². The molecule has 0 atom stereocenters. The average Bonchev–Trinajstić information content (AvgIpc) is 2.09. The first kappa shape index (κ1) is 9.59. The Morgan fingerprint density at radius 1 is 1.31 bits per heavy atom. The highest BCUT2D eigenvalue weighted by Gasteiger charge is 1.93. The summed E-state index contributed by atoms with van der Waals surface area (Å²) in [5, 5.41) is 0. The first-order chi connectivity index (χ1) is 6.22. The average molecular weight is 174 g/mol. The van der Waals surface area contributed by atoms with Crippen molar-refractivity contribution in [2.45, 2.75) is 13.8 Å². The number of hydrogen-bond acceptors (Lipinski definition) is 1. The molecule has 0 radical (unpaired) electrons. The summed E-state index contributed by atoms with van der Waals surface area (Å²) in [6.45, 7) is 7.73. The van der Waals surface area contributed by atoms with E-state index in [1.807, 2.05) is 50.3 Å². The summed E-state index contributed by atoms with van der Waals surface area (Å²) in [5.41, 5.74) is 1.23. The van der Waals surface area contributed by atoms with Gasteiger partial charge in [-0.15, -0.1) is 0 Å². The third kappa shape index (κ3) is 3.16. The predicted molar refractivity (Wildman–Crippen MR) is 55.8 cm³/mol. The van der Waals surface area contributed by atoms with Crippen LogP contribution in [0.1, 0.15) is 12.5 Å². The zero-order valence-corrected chi connectivity index (χ0v) is 8.08. The van der Waals surface area contributed by atoms with E-state index in [1.165, 1.54) is 5.56 Å². The highest BCUT2D eigenvalue weighted by molar-refractivity contribution is 5.28. The molecule has 0 heterocycles. The molecule has 0 unspecified atom stereocenters. The van der Waals surface area contributed by atoms with Crippen molar-refractivity contribution in [3.05, 3.63) is 54.3 Å². The summed E-state index contributed by atoms with van der Waals surface area (Å²) >= 11 is 0. The van der Waals surface area contributed by atoms with Crippen LogP contribution in [0.3, 0.4) is 0 Å². The maximum Gasteiger partial charge on any atom is 0.127 e. The first-order valence-electron chi connectivity index (χ1n) is 4.28. The smallest absolute Gasteiger partial charge is 0.127 e. The van der Waals surface area contributed by atoms with Gasteiger partial charge in [0.25, 0.3) is 0 Å². The summed E-state index contributed by atoms with van der Waals surface area (Å²) in [5.74, 6) is 1.49. The largest absolute Gasteiger partial charge is 0.458 e. The van der Waals surface area contributed by atoms with Gasteiger partial charge in [0.1, 0.15) is 11.5 Å². The van der Waals surface area contributed by atoms with Gasteiger partial charge in [0.05, 0.1) is 0 Å². The number of hydrogen-bond donors (Lipinski definition) is 0. The molecule has 13 heavy (non-hydrogen) atoms. The molecule has 1 aromatic carbocycles. The molecule has 0 saturated carbocycles.